The van der Waals surface area contributed by atoms with Crippen LogP contribution in [0.15, 0.2) is 53.9 Å². The summed E-state index contributed by atoms with van der Waals surface area (Å²) in [5.74, 6) is -0.974. The molecule has 0 fully saturated rings. The Morgan fingerprint density at radius 1 is 1.14 bits per heavy atom. The van der Waals surface area contributed by atoms with Crippen LogP contribution < -0.4 is 5.32 Å². The van der Waals surface area contributed by atoms with Gasteiger partial charge in [0, 0.05) is 16.0 Å². The number of benzene rings is 2. The molecule has 0 spiro atoms. The van der Waals surface area contributed by atoms with E-state index in [9.17, 15) is 9.90 Å². The highest BCUT2D eigenvalue weighted by molar-refractivity contribution is 7.14. The van der Waals surface area contributed by atoms with Crippen molar-refractivity contribution < 1.29 is 9.90 Å². The number of aromatic nitrogens is 1. The van der Waals surface area contributed by atoms with Crippen molar-refractivity contribution in [3.63, 3.8) is 0 Å². The maximum Gasteiger partial charge on any atom is 0.337 e. The lowest BCUT2D eigenvalue weighted by molar-refractivity contribution is 0.0698. The van der Waals surface area contributed by atoms with Crippen LogP contribution in [-0.2, 0) is 0 Å². The molecule has 3 rings (SSSR count). The van der Waals surface area contributed by atoms with Crippen molar-refractivity contribution in [1.29, 1.82) is 0 Å². The Labute approximate surface area is 136 Å². The summed E-state index contributed by atoms with van der Waals surface area (Å²) >= 11 is 7.29. The van der Waals surface area contributed by atoms with Gasteiger partial charge in [-0.05, 0) is 24.3 Å². The summed E-state index contributed by atoms with van der Waals surface area (Å²) in [6.45, 7) is 0. The normalized spacial score (nSPS) is 10.4. The molecule has 110 valence electrons. The van der Waals surface area contributed by atoms with Gasteiger partial charge in [0.2, 0.25) is 0 Å². The monoisotopic (exact) mass is 330 g/mol. The van der Waals surface area contributed by atoms with Crippen molar-refractivity contribution in [3.05, 3.63) is 64.5 Å². The number of hydrogen-bond acceptors (Lipinski definition) is 4. The minimum atomic E-state index is -0.974. The molecule has 22 heavy (non-hydrogen) atoms. The van der Waals surface area contributed by atoms with E-state index < -0.39 is 5.97 Å². The molecule has 0 amide bonds. The van der Waals surface area contributed by atoms with Crippen LogP contribution in [0, 0.1) is 0 Å². The largest absolute Gasteiger partial charge is 0.478 e. The highest BCUT2D eigenvalue weighted by atomic mass is 35.5. The van der Waals surface area contributed by atoms with Gasteiger partial charge in [-0.1, -0.05) is 35.9 Å². The van der Waals surface area contributed by atoms with E-state index >= 15 is 0 Å². The zero-order chi connectivity index (χ0) is 15.5. The number of carbonyl (C=O) groups is 1. The van der Waals surface area contributed by atoms with Crippen molar-refractivity contribution >= 4 is 39.7 Å². The Balaban J connectivity index is 1.86. The third kappa shape index (κ3) is 3.10. The van der Waals surface area contributed by atoms with Gasteiger partial charge < -0.3 is 10.4 Å². The quantitative estimate of drug-likeness (QED) is 0.713. The fraction of sp³-hybridized carbons (Fsp3) is 0. The average molecular weight is 331 g/mol. The predicted octanol–water partition coefficient (Wildman–Crippen LogP) is 4.91. The molecule has 2 aromatic carbocycles. The van der Waals surface area contributed by atoms with E-state index in [-0.39, 0.29) is 5.56 Å². The van der Waals surface area contributed by atoms with E-state index in [1.165, 1.54) is 11.3 Å². The molecular weight excluding hydrogens is 320 g/mol. The Hall–Kier alpha value is -2.37. The van der Waals surface area contributed by atoms with Gasteiger partial charge in [-0.15, -0.1) is 11.3 Å². The highest BCUT2D eigenvalue weighted by Crippen LogP contribution is 2.29. The molecule has 0 aliphatic heterocycles. The number of anilines is 2. The molecule has 0 atom stereocenters. The summed E-state index contributed by atoms with van der Waals surface area (Å²) in [4.78, 5) is 15.7. The summed E-state index contributed by atoms with van der Waals surface area (Å²) < 4.78 is 0. The van der Waals surface area contributed by atoms with Crippen LogP contribution in [0.5, 0.6) is 0 Å². The number of carboxylic acids is 1. The van der Waals surface area contributed by atoms with Gasteiger partial charge in [0.15, 0.2) is 5.13 Å². The Morgan fingerprint density at radius 3 is 2.59 bits per heavy atom. The second-order valence-electron chi connectivity index (χ2n) is 4.52. The van der Waals surface area contributed by atoms with Crippen LogP contribution in [0.2, 0.25) is 5.02 Å². The summed E-state index contributed by atoms with van der Waals surface area (Å²) in [5, 5.41) is 15.5. The van der Waals surface area contributed by atoms with Crippen molar-refractivity contribution in [1.82, 2.24) is 4.98 Å². The minimum Gasteiger partial charge on any atom is -0.478 e. The lowest BCUT2D eigenvalue weighted by Crippen LogP contribution is -2.02. The van der Waals surface area contributed by atoms with Crippen LogP contribution in [0.4, 0.5) is 10.8 Å². The molecule has 3 aromatic rings. The lowest BCUT2D eigenvalue weighted by atomic mass is 10.2. The maximum atomic E-state index is 11.2. The molecule has 0 radical (unpaired) electrons. The van der Waals surface area contributed by atoms with E-state index in [1.807, 2.05) is 29.6 Å². The summed E-state index contributed by atoms with van der Waals surface area (Å²) in [5.41, 5.74) is 2.51. The number of rotatable bonds is 4. The first-order chi connectivity index (χ1) is 10.6. The molecule has 4 nitrogen and oxygen atoms in total. The Kier molecular flexibility index (Phi) is 4.09. The number of aromatic carboxylic acids is 1. The first-order valence-corrected chi connectivity index (χ1v) is 7.70. The van der Waals surface area contributed by atoms with E-state index in [4.69, 9.17) is 11.6 Å². The first-order valence-electron chi connectivity index (χ1n) is 6.44. The fourth-order valence-electron chi connectivity index (χ4n) is 1.98. The number of hydrogen-bond donors (Lipinski definition) is 2. The van der Waals surface area contributed by atoms with Crippen LogP contribution >= 0.6 is 22.9 Å². The lowest BCUT2D eigenvalue weighted by Gasteiger charge is -2.06. The maximum absolute atomic E-state index is 11.2. The number of halogens is 1. The third-order valence-electron chi connectivity index (χ3n) is 3.04. The van der Waals surface area contributed by atoms with Gasteiger partial charge >= 0.3 is 5.97 Å². The summed E-state index contributed by atoms with van der Waals surface area (Å²) in [7, 11) is 0. The van der Waals surface area contributed by atoms with Gasteiger partial charge in [-0.2, -0.15) is 0 Å². The third-order valence-corrected chi connectivity index (χ3v) is 4.05. The Bertz CT molecular complexity index is 815. The fourth-order valence-corrected chi connectivity index (χ4v) is 2.84. The molecule has 0 bridgehead atoms. The number of carboxylic acid groups (broad SMARTS) is 1. The number of thiazole rings is 1. The molecule has 0 aliphatic rings. The molecule has 0 saturated carbocycles. The van der Waals surface area contributed by atoms with Crippen LogP contribution in [0.3, 0.4) is 0 Å². The topological polar surface area (TPSA) is 62.2 Å². The molecule has 0 unspecified atom stereocenters. The van der Waals surface area contributed by atoms with Crippen LogP contribution in [-0.4, -0.2) is 16.1 Å². The molecular formula is C16H11ClN2O2S. The van der Waals surface area contributed by atoms with E-state index in [0.717, 1.165) is 11.3 Å². The minimum absolute atomic E-state index is 0.214. The second kappa shape index (κ2) is 6.17. The molecule has 0 saturated heterocycles. The molecule has 1 aromatic heterocycles. The van der Waals surface area contributed by atoms with Crippen LogP contribution in [0.25, 0.3) is 11.3 Å². The summed E-state index contributed by atoms with van der Waals surface area (Å²) in [6.07, 6.45) is 0. The SMILES string of the molecule is O=C(O)c1ccccc1Nc1nc(-c2ccc(Cl)cc2)cs1. The molecule has 0 aliphatic carbocycles. The van der Waals surface area contributed by atoms with Gasteiger partial charge in [0.05, 0.1) is 16.9 Å². The zero-order valence-electron chi connectivity index (χ0n) is 11.3. The highest BCUT2D eigenvalue weighted by Gasteiger charge is 2.11. The second-order valence-corrected chi connectivity index (χ2v) is 5.82. The van der Waals surface area contributed by atoms with Crippen molar-refractivity contribution in [2.24, 2.45) is 0 Å². The standard InChI is InChI=1S/C16H11ClN2O2S/c17-11-7-5-10(6-8-11)14-9-22-16(19-14)18-13-4-2-1-3-12(13)15(20)21/h1-9H,(H,18,19)(H,20,21). The van der Waals surface area contributed by atoms with E-state index in [1.54, 1.807) is 24.3 Å². The van der Waals surface area contributed by atoms with Crippen LogP contribution in [0.1, 0.15) is 10.4 Å². The average Bonchev–Trinajstić information content (AvgIpc) is 2.97. The molecule has 1 heterocycles. The number of nitrogens with zero attached hydrogens (tertiary/aromatic N) is 1. The predicted molar refractivity (Wildman–Crippen MR) is 89.2 cm³/mol. The van der Waals surface area contributed by atoms with Crippen molar-refractivity contribution in [3.8, 4) is 11.3 Å². The van der Waals surface area contributed by atoms with Gasteiger partial charge in [0.1, 0.15) is 0 Å². The first kappa shape index (κ1) is 14.6. The summed E-state index contributed by atoms with van der Waals surface area (Å²) in [6, 6.07) is 14.1. The Morgan fingerprint density at radius 2 is 1.86 bits per heavy atom. The van der Waals surface area contributed by atoms with Crippen molar-refractivity contribution in [2.45, 2.75) is 0 Å². The molecule has 6 heteroatoms. The zero-order valence-corrected chi connectivity index (χ0v) is 12.9. The number of para-hydroxylation sites is 1. The van der Waals surface area contributed by atoms with E-state index in [2.05, 4.69) is 10.3 Å². The smallest absolute Gasteiger partial charge is 0.337 e. The van der Waals surface area contributed by atoms with Crippen molar-refractivity contribution in [2.75, 3.05) is 5.32 Å². The van der Waals surface area contributed by atoms with Gasteiger partial charge in [-0.25, -0.2) is 9.78 Å². The van der Waals surface area contributed by atoms with Gasteiger partial charge in [-0.3, -0.25) is 0 Å². The number of nitrogens with one attached hydrogen (secondary N) is 1. The molecule has 2 N–H and O–H groups in total. The van der Waals surface area contributed by atoms with E-state index in [0.29, 0.717) is 15.8 Å². The van der Waals surface area contributed by atoms with Gasteiger partial charge in [0.25, 0.3) is 0 Å².